The van der Waals surface area contributed by atoms with Gasteiger partial charge in [0.1, 0.15) is 5.84 Å². The molecule has 0 bridgehead atoms. The second-order valence-corrected chi connectivity index (χ2v) is 9.24. The molecule has 0 spiro atoms. The van der Waals surface area contributed by atoms with E-state index in [2.05, 4.69) is 5.32 Å². The molecule has 0 aliphatic carbocycles. The van der Waals surface area contributed by atoms with Crippen LogP contribution in [0, 0.1) is 5.41 Å². The summed E-state index contributed by atoms with van der Waals surface area (Å²) in [5.41, 5.74) is 8.07. The van der Waals surface area contributed by atoms with Crippen LogP contribution in [-0.2, 0) is 10.1 Å². The van der Waals surface area contributed by atoms with E-state index in [-0.39, 0.29) is 17.3 Å². The number of hydrogen-bond acceptors (Lipinski definition) is 5. The quantitative estimate of drug-likeness (QED) is 0.153. The average molecular weight is 506 g/mol. The monoisotopic (exact) mass is 505 g/mol. The van der Waals surface area contributed by atoms with Crippen LogP contribution in [0.3, 0.4) is 0 Å². The molecular formula is C26H23N3O6S. The Balaban J connectivity index is 0.000000658. The first-order chi connectivity index (χ1) is 16.9. The fraction of sp³-hybridized carbons (Fsp3) is 0.0385. The van der Waals surface area contributed by atoms with Gasteiger partial charge in [0.2, 0.25) is 0 Å². The zero-order valence-electron chi connectivity index (χ0n) is 19.1. The highest BCUT2D eigenvalue weighted by molar-refractivity contribution is 7.85. The molecule has 4 aromatic rings. The molecule has 0 heterocycles. The molecule has 9 nitrogen and oxygen atoms in total. The second-order valence-electron chi connectivity index (χ2n) is 7.77. The highest BCUT2D eigenvalue weighted by Crippen LogP contribution is 2.32. The number of nitrogens with two attached hydrogens (primary N) is 1. The summed E-state index contributed by atoms with van der Waals surface area (Å²) < 4.78 is 25.9. The van der Waals surface area contributed by atoms with Crippen LogP contribution in [0.5, 0.6) is 0 Å². The third-order valence-electron chi connectivity index (χ3n) is 5.03. The Morgan fingerprint density at radius 3 is 1.92 bits per heavy atom. The number of aromatic carboxylic acids is 1. The zero-order chi connectivity index (χ0) is 26.5. The Morgan fingerprint density at radius 2 is 1.36 bits per heavy atom. The fourth-order valence-electron chi connectivity index (χ4n) is 3.49. The second kappa shape index (κ2) is 10.8. The number of carbonyl (C=O) groups excluding carboxylic acids is 1. The van der Waals surface area contributed by atoms with Crippen LogP contribution < -0.4 is 11.1 Å². The summed E-state index contributed by atoms with van der Waals surface area (Å²) in [7, 11) is -3.67. The summed E-state index contributed by atoms with van der Waals surface area (Å²) in [6, 6.07) is 24.5. The Kier molecular flexibility index (Phi) is 7.83. The van der Waals surface area contributed by atoms with E-state index in [1.807, 2.05) is 30.3 Å². The first kappa shape index (κ1) is 26.1. The van der Waals surface area contributed by atoms with Gasteiger partial charge < -0.3 is 16.2 Å². The van der Waals surface area contributed by atoms with E-state index in [0.717, 1.165) is 10.8 Å². The molecule has 0 radical (unpaired) electrons. The third-order valence-corrected chi connectivity index (χ3v) is 5.03. The topological polar surface area (TPSA) is 171 Å². The number of rotatable bonds is 5. The summed E-state index contributed by atoms with van der Waals surface area (Å²) >= 11 is 0. The van der Waals surface area contributed by atoms with Crippen molar-refractivity contribution in [1.29, 1.82) is 5.41 Å². The Morgan fingerprint density at radius 1 is 0.833 bits per heavy atom. The predicted molar refractivity (Wildman–Crippen MR) is 139 cm³/mol. The van der Waals surface area contributed by atoms with Crippen molar-refractivity contribution in [2.24, 2.45) is 5.73 Å². The highest BCUT2D eigenvalue weighted by atomic mass is 32.2. The molecule has 0 saturated carbocycles. The first-order valence-electron chi connectivity index (χ1n) is 10.5. The minimum atomic E-state index is -3.67. The van der Waals surface area contributed by atoms with Crippen molar-refractivity contribution >= 4 is 44.3 Å². The van der Waals surface area contributed by atoms with Crippen molar-refractivity contribution in [3.8, 4) is 11.1 Å². The summed E-state index contributed by atoms with van der Waals surface area (Å²) in [5, 5.41) is 21.8. The molecule has 0 aromatic heterocycles. The number of carboxylic acids is 1. The van der Waals surface area contributed by atoms with Gasteiger partial charge in [-0.15, -0.1) is 0 Å². The third kappa shape index (κ3) is 6.75. The number of nitrogen functional groups attached to an aromatic ring is 1. The van der Waals surface area contributed by atoms with Gasteiger partial charge in [0.25, 0.3) is 16.0 Å². The summed E-state index contributed by atoms with van der Waals surface area (Å²) in [6.45, 7) is 0. The number of carbonyl (C=O) groups is 2. The van der Waals surface area contributed by atoms with E-state index in [4.69, 9.17) is 15.7 Å². The molecule has 0 atom stereocenters. The van der Waals surface area contributed by atoms with Crippen molar-refractivity contribution in [2.75, 3.05) is 11.6 Å². The lowest BCUT2D eigenvalue weighted by molar-refractivity contribution is 0.0697. The van der Waals surface area contributed by atoms with E-state index >= 15 is 0 Å². The molecule has 184 valence electrons. The molecule has 4 rings (SSSR count). The maximum absolute atomic E-state index is 13.2. The number of fused-ring (bicyclic) bond motifs is 1. The predicted octanol–water partition coefficient (Wildman–Crippen LogP) is 4.25. The van der Waals surface area contributed by atoms with Crippen LogP contribution in [0.1, 0.15) is 26.3 Å². The van der Waals surface area contributed by atoms with Crippen LogP contribution in [0.25, 0.3) is 21.9 Å². The van der Waals surface area contributed by atoms with E-state index in [1.165, 1.54) is 6.07 Å². The first-order valence-corrected chi connectivity index (χ1v) is 12.3. The maximum Gasteiger partial charge on any atom is 0.336 e. The smallest absolute Gasteiger partial charge is 0.336 e. The maximum atomic E-state index is 13.2. The van der Waals surface area contributed by atoms with E-state index in [1.54, 1.807) is 48.5 Å². The molecule has 10 heteroatoms. The minimum Gasteiger partial charge on any atom is -0.478 e. The number of anilines is 1. The van der Waals surface area contributed by atoms with Gasteiger partial charge in [-0.3, -0.25) is 14.8 Å². The average Bonchev–Trinajstić information content (AvgIpc) is 2.82. The van der Waals surface area contributed by atoms with Gasteiger partial charge in [-0.1, -0.05) is 42.5 Å². The molecule has 0 fully saturated rings. The van der Waals surface area contributed by atoms with Gasteiger partial charge in [0, 0.05) is 16.8 Å². The summed E-state index contributed by atoms with van der Waals surface area (Å²) in [4.78, 5) is 25.0. The van der Waals surface area contributed by atoms with Gasteiger partial charge in [-0.05, 0) is 64.4 Å². The van der Waals surface area contributed by atoms with Crippen molar-refractivity contribution in [3.05, 3.63) is 102 Å². The van der Waals surface area contributed by atoms with Crippen LogP contribution in [-0.4, -0.2) is 42.0 Å². The van der Waals surface area contributed by atoms with Crippen LogP contribution in [0.15, 0.2) is 84.9 Å². The summed E-state index contributed by atoms with van der Waals surface area (Å²) in [6.07, 6.45) is 0.715. The van der Waals surface area contributed by atoms with E-state index < -0.39 is 16.1 Å². The normalized spacial score (nSPS) is 10.7. The number of benzene rings is 4. The molecule has 4 aromatic carbocycles. The van der Waals surface area contributed by atoms with Crippen molar-refractivity contribution in [1.82, 2.24) is 0 Å². The van der Waals surface area contributed by atoms with Gasteiger partial charge in [-0.2, -0.15) is 8.42 Å². The number of carboxylic acid groups (broad SMARTS) is 1. The largest absolute Gasteiger partial charge is 0.478 e. The zero-order valence-corrected chi connectivity index (χ0v) is 19.9. The number of amides is 1. The standard InChI is InChI=1S/C25H19N3O3.CH4O3S/c26-23(27)15-9-11-18(12-10-15)28-24(29)22-14-17-6-2-1-5-16(17)13-21(22)19-7-3-4-8-20(19)25(30)31;1-5(2,3)4/h1-14H,(H3,26,27)(H,28,29)(H,30,31);1H3,(H,2,3,4). The fourth-order valence-corrected chi connectivity index (χ4v) is 3.49. The van der Waals surface area contributed by atoms with Gasteiger partial charge in [0.05, 0.1) is 11.8 Å². The highest BCUT2D eigenvalue weighted by Gasteiger charge is 2.19. The van der Waals surface area contributed by atoms with E-state index in [0.29, 0.717) is 34.2 Å². The number of hydrogen-bond donors (Lipinski definition) is 5. The van der Waals surface area contributed by atoms with Crippen LogP contribution in [0.4, 0.5) is 5.69 Å². The Bertz CT molecular complexity index is 1560. The molecule has 6 N–H and O–H groups in total. The molecular weight excluding hydrogens is 482 g/mol. The Labute approximate surface area is 207 Å². The van der Waals surface area contributed by atoms with Gasteiger partial charge >= 0.3 is 5.97 Å². The lowest BCUT2D eigenvalue weighted by Crippen LogP contribution is -2.15. The molecule has 36 heavy (non-hydrogen) atoms. The molecule has 0 aliphatic rings. The van der Waals surface area contributed by atoms with Crippen molar-refractivity contribution in [3.63, 3.8) is 0 Å². The minimum absolute atomic E-state index is 0.0556. The van der Waals surface area contributed by atoms with Crippen LogP contribution in [0.2, 0.25) is 0 Å². The van der Waals surface area contributed by atoms with Crippen molar-refractivity contribution < 1.29 is 27.7 Å². The number of nitrogens with one attached hydrogen (secondary N) is 2. The SMILES string of the molecule is CS(=O)(=O)O.N=C(N)c1ccc(NC(=O)c2cc3ccccc3cc2-c2ccccc2C(=O)O)cc1. The molecule has 0 saturated heterocycles. The Hall–Kier alpha value is -4.54. The summed E-state index contributed by atoms with van der Waals surface area (Å²) in [5.74, 6) is -1.48. The lowest BCUT2D eigenvalue weighted by atomic mass is 9.92. The van der Waals surface area contributed by atoms with Crippen molar-refractivity contribution in [2.45, 2.75) is 0 Å². The van der Waals surface area contributed by atoms with E-state index in [9.17, 15) is 23.1 Å². The van der Waals surface area contributed by atoms with Gasteiger partial charge in [-0.25, -0.2) is 4.79 Å². The molecule has 1 amide bonds. The molecule has 0 aliphatic heterocycles. The van der Waals surface area contributed by atoms with Gasteiger partial charge in [0.15, 0.2) is 0 Å². The van der Waals surface area contributed by atoms with Crippen LogP contribution >= 0.6 is 0 Å². The lowest BCUT2D eigenvalue weighted by Gasteiger charge is -2.14. The molecule has 0 unspecified atom stereocenters. The number of amidine groups is 1.